The standard InChI is InChI=1S/C21H14ClFN2O/c22-18-12-7-13-19(23)17(18)14-24-25-20(15-8-3-1-4-9-15)21(26)16-10-5-2-6-11-16/h1-14H. The highest BCUT2D eigenvalue weighted by molar-refractivity contribution is 6.51. The normalized spacial score (nSPS) is 11.7. The lowest BCUT2D eigenvalue weighted by Crippen LogP contribution is -2.15. The average molecular weight is 365 g/mol. The molecule has 3 aromatic carbocycles. The number of halogens is 2. The van der Waals surface area contributed by atoms with Gasteiger partial charge in [-0.25, -0.2) is 4.39 Å². The molecule has 0 N–H and O–H groups in total. The van der Waals surface area contributed by atoms with Crippen molar-refractivity contribution >= 4 is 29.3 Å². The van der Waals surface area contributed by atoms with Crippen molar-refractivity contribution in [3.63, 3.8) is 0 Å². The van der Waals surface area contributed by atoms with E-state index in [1.807, 2.05) is 12.1 Å². The van der Waals surface area contributed by atoms with E-state index in [9.17, 15) is 9.18 Å². The molecular formula is C21H14ClFN2O. The molecule has 3 rings (SSSR count). The number of rotatable bonds is 5. The molecule has 128 valence electrons. The molecule has 3 nitrogen and oxygen atoms in total. The third-order valence-corrected chi connectivity index (χ3v) is 3.97. The maximum Gasteiger partial charge on any atom is 0.213 e. The van der Waals surface area contributed by atoms with Crippen LogP contribution in [0.5, 0.6) is 0 Å². The first-order valence-electron chi connectivity index (χ1n) is 7.87. The number of hydrogen-bond donors (Lipinski definition) is 0. The lowest BCUT2D eigenvalue weighted by molar-refractivity contribution is 0.106. The van der Waals surface area contributed by atoms with Crippen LogP contribution in [0.15, 0.2) is 89.1 Å². The second-order valence-electron chi connectivity index (χ2n) is 5.39. The van der Waals surface area contributed by atoms with Crippen LogP contribution in [0.1, 0.15) is 21.5 Å². The van der Waals surface area contributed by atoms with E-state index in [1.165, 1.54) is 18.3 Å². The van der Waals surface area contributed by atoms with Crippen molar-refractivity contribution in [1.29, 1.82) is 0 Å². The highest BCUT2D eigenvalue weighted by Crippen LogP contribution is 2.17. The van der Waals surface area contributed by atoms with E-state index in [-0.39, 0.29) is 22.1 Å². The van der Waals surface area contributed by atoms with Gasteiger partial charge in [-0.3, -0.25) is 4.79 Å². The summed E-state index contributed by atoms with van der Waals surface area (Å²) in [6.45, 7) is 0. The summed E-state index contributed by atoms with van der Waals surface area (Å²) in [5.74, 6) is -0.777. The SMILES string of the molecule is O=C(C(=NN=Cc1c(F)cccc1Cl)c1ccccc1)c1ccccc1. The minimum absolute atomic E-state index is 0.123. The van der Waals surface area contributed by atoms with Crippen molar-refractivity contribution in [2.24, 2.45) is 10.2 Å². The second-order valence-corrected chi connectivity index (χ2v) is 5.80. The number of ketones is 1. The van der Waals surface area contributed by atoms with Gasteiger partial charge >= 0.3 is 0 Å². The largest absolute Gasteiger partial charge is 0.287 e. The van der Waals surface area contributed by atoms with Gasteiger partial charge in [-0.2, -0.15) is 5.10 Å². The van der Waals surface area contributed by atoms with E-state index in [1.54, 1.807) is 54.6 Å². The van der Waals surface area contributed by atoms with Gasteiger partial charge in [0.1, 0.15) is 11.5 Å². The third kappa shape index (κ3) is 4.10. The summed E-state index contributed by atoms with van der Waals surface area (Å²) in [4.78, 5) is 12.8. The number of carbonyl (C=O) groups is 1. The zero-order valence-electron chi connectivity index (χ0n) is 13.6. The summed E-state index contributed by atoms with van der Waals surface area (Å²) >= 11 is 5.97. The van der Waals surface area contributed by atoms with Crippen molar-refractivity contribution in [2.75, 3.05) is 0 Å². The molecule has 0 aromatic heterocycles. The Morgan fingerprint density at radius 2 is 1.46 bits per heavy atom. The van der Waals surface area contributed by atoms with Crippen molar-refractivity contribution in [3.05, 3.63) is 106 Å². The summed E-state index contributed by atoms with van der Waals surface area (Å²) in [6.07, 6.45) is 1.21. The minimum Gasteiger partial charge on any atom is -0.287 e. The highest BCUT2D eigenvalue weighted by atomic mass is 35.5. The Morgan fingerprint density at radius 1 is 0.846 bits per heavy atom. The van der Waals surface area contributed by atoms with Crippen LogP contribution in [-0.2, 0) is 0 Å². The molecule has 0 radical (unpaired) electrons. The van der Waals surface area contributed by atoms with Crippen LogP contribution >= 0.6 is 11.6 Å². The van der Waals surface area contributed by atoms with Crippen LogP contribution in [0.2, 0.25) is 5.02 Å². The number of benzene rings is 3. The predicted molar refractivity (Wildman–Crippen MR) is 103 cm³/mol. The van der Waals surface area contributed by atoms with Gasteiger partial charge in [-0.05, 0) is 12.1 Å². The van der Waals surface area contributed by atoms with Crippen LogP contribution in [0, 0.1) is 5.82 Å². The van der Waals surface area contributed by atoms with Gasteiger partial charge in [0.2, 0.25) is 5.78 Å². The van der Waals surface area contributed by atoms with Crippen LogP contribution in [-0.4, -0.2) is 17.7 Å². The van der Waals surface area contributed by atoms with Crippen molar-refractivity contribution < 1.29 is 9.18 Å². The fourth-order valence-corrected chi connectivity index (χ4v) is 2.55. The molecule has 0 aliphatic rings. The van der Waals surface area contributed by atoms with E-state index in [2.05, 4.69) is 10.2 Å². The van der Waals surface area contributed by atoms with Crippen molar-refractivity contribution in [3.8, 4) is 0 Å². The molecule has 0 heterocycles. The van der Waals surface area contributed by atoms with Gasteiger partial charge in [0, 0.05) is 16.7 Å². The van der Waals surface area contributed by atoms with E-state index >= 15 is 0 Å². The van der Waals surface area contributed by atoms with Gasteiger partial charge in [-0.15, -0.1) is 5.10 Å². The quantitative estimate of drug-likeness (QED) is 0.349. The zero-order valence-corrected chi connectivity index (χ0v) is 14.4. The Morgan fingerprint density at radius 3 is 2.08 bits per heavy atom. The van der Waals surface area contributed by atoms with Gasteiger partial charge in [0.15, 0.2) is 0 Å². The molecule has 0 aliphatic carbocycles. The molecule has 0 unspecified atom stereocenters. The lowest BCUT2D eigenvalue weighted by atomic mass is 10.0. The summed E-state index contributed by atoms with van der Waals surface area (Å²) < 4.78 is 13.8. The average Bonchev–Trinajstić information content (AvgIpc) is 2.68. The van der Waals surface area contributed by atoms with Gasteiger partial charge in [0.05, 0.1) is 11.2 Å². The second kappa shape index (κ2) is 8.32. The molecular weight excluding hydrogens is 351 g/mol. The zero-order chi connectivity index (χ0) is 18.4. The maximum atomic E-state index is 13.8. The minimum atomic E-state index is -0.507. The molecule has 0 bridgehead atoms. The fourth-order valence-electron chi connectivity index (χ4n) is 2.33. The predicted octanol–water partition coefficient (Wildman–Crippen LogP) is 5.19. The molecule has 0 fully saturated rings. The first kappa shape index (κ1) is 17.7. The lowest BCUT2D eigenvalue weighted by Gasteiger charge is -2.04. The molecule has 0 aliphatic heterocycles. The number of hydrogen-bond acceptors (Lipinski definition) is 3. The van der Waals surface area contributed by atoms with E-state index < -0.39 is 5.82 Å². The smallest absolute Gasteiger partial charge is 0.213 e. The summed E-state index contributed by atoms with van der Waals surface area (Å²) in [5.41, 5.74) is 1.41. The molecule has 5 heteroatoms. The Hall–Kier alpha value is -3.11. The summed E-state index contributed by atoms with van der Waals surface area (Å²) in [5, 5.41) is 8.19. The molecule has 26 heavy (non-hydrogen) atoms. The molecule has 0 atom stereocenters. The number of nitrogens with zero attached hydrogens (tertiary/aromatic N) is 2. The van der Waals surface area contributed by atoms with E-state index in [0.29, 0.717) is 11.1 Å². The Kier molecular flexibility index (Phi) is 5.66. The van der Waals surface area contributed by atoms with Crippen LogP contribution < -0.4 is 0 Å². The molecule has 0 amide bonds. The Bertz CT molecular complexity index is 950. The fraction of sp³-hybridized carbons (Fsp3) is 0. The molecule has 0 saturated heterocycles. The maximum absolute atomic E-state index is 13.8. The van der Waals surface area contributed by atoms with Crippen LogP contribution in [0.25, 0.3) is 0 Å². The van der Waals surface area contributed by atoms with E-state index in [0.717, 1.165) is 0 Å². The van der Waals surface area contributed by atoms with E-state index in [4.69, 9.17) is 11.6 Å². The summed E-state index contributed by atoms with van der Waals surface area (Å²) in [7, 11) is 0. The first-order chi connectivity index (χ1) is 12.7. The number of Topliss-reactive ketones (excluding diaryl/α,β-unsaturated/α-hetero) is 1. The topological polar surface area (TPSA) is 41.8 Å². The number of carbonyl (C=O) groups excluding carboxylic acids is 1. The molecule has 0 spiro atoms. The monoisotopic (exact) mass is 364 g/mol. The van der Waals surface area contributed by atoms with Crippen LogP contribution in [0.3, 0.4) is 0 Å². The molecule has 0 saturated carbocycles. The highest BCUT2D eigenvalue weighted by Gasteiger charge is 2.16. The van der Waals surface area contributed by atoms with Crippen LogP contribution in [0.4, 0.5) is 4.39 Å². The summed E-state index contributed by atoms with van der Waals surface area (Å²) in [6, 6.07) is 22.1. The van der Waals surface area contributed by atoms with Gasteiger partial charge < -0.3 is 0 Å². The van der Waals surface area contributed by atoms with Crippen molar-refractivity contribution in [2.45, 2.75) is 0 Å². The van der Waals surface area contributed by atoms with Gasteiger partial charge in [0.25, 0.3) is 0 Å². The van der Waals surface area contributed by atoms with Crippen molar-refractivity contribution in [1.82, 2.24) is 0 Å². The molecule has 3 aromatic rings. The van der Waals surface area contributed by atoms with Gasteiger partial charge in [-0.1, -0.05) is 78.3 Å². The first-order valence-corrected chi connectivity index (χ1v) is 8.25. The third-order valence-electron chi connectivity index (χ3n) is 3.64. The Balaban J connectivity index is 2.00. The Labute approximate surface area is 155 Å².